The Kier molecular flexibility index (Phi) is 4.51. The van der Waals surface area contributed by atoms with Gasteiger partial charge in [-0.3, -0.25) is 0 Å². The Hall–Kier alpha value is -1.34. The van der Waals surface area contributed by atoms with Crippen molar-refractivity contribution in [2.75, 3.05) is 20.2 Å². The maximum absolute atomic E-state index is 13.0. The standard InChI is InChI=1S/C16H24N2O4S/c1-17-11-14(16(19)22-2)9-15(17)23(20,21)18(10-13-5-6-13)8-7-12-3-4-12/h9,11-13H,3-8,10H2,1-2H3. The summed E-state index contributed by atoms with van der Waals surface area (Å²) in [5, 5.41) is 0.161. The van der Waals surface area contributed by atoms with Crippen LogP contribution in [0.4, 0.5) is 0 Å². The van der Waals surface area contributed by atoms with Gasteiger partial charge < -0.3 is 9.30 Å². The van der Waals surface area contributed by atoms with Gasteiger partial charge >= 0.3 is 5.97 Å². The van der Waals surface area contributed by atoms with Crippen LogP contribution in [0.1, 0.15) is 42.5 Å². The van der Waals surface area contributed by atoms with Crippen molar-refractivity contribution in [1.29, 1.82) is 0 Å². The summed E-state index contributed by atoms with van der Waals surface area (Å²) in [5.74, 6) is 0.657. The maximum atomic E-state index is 13.0. The van der Waals surface area contributed by atoms with Gasteiger partial charge in [0, 0.05) is 26.3 Å². The predicted octanol–water partition coefficient (Wildman–Crippen LogP) is 2.01. The second-order valence-electron chi connectivity index (χ2n) is 6.71. The minimum Gasteiger partial charge on any atom is -0.465 e. The van der Waals surface area contributed by atoms with Crippen LogP contribution in [0.5, 0.6) is 0 Å². The Balaban J connectivity index is 1.83. The van der Waals surface area contributed by atoms with Gasteiger partial charge in [0.2, 0.25) is 0 Å². The molecule has 0 atom stereocenters. The Morgan fingerprint density at radius 3 is 2.52 bits per heavy atom. The van der Waals surface area contributed by atoms with Gasteiger partial charge in [-0.1, -0.05) is 12.8 Å². The summed E-state index contributed by atoms with van der Waals surface area (Å²) in [7, 11) is -0.649. The molecule has 0 unspecified atom stereocenters. The minimum absolute atomic E-state index is 0.161. The number of ether oxygens (including phenoxy) is 1. The van der Waals surface area contributed by atoms with Crippen molar-refractivity contribution in [1.82, 2.24) is 8.87 Å². The minimum atomic E-state index is -3.59. The van der Waals surface area contributed by atoms with E-state index >= 15 is 0 Å². The van der Waals surface area contributed by atoms with Gasteiger partial charge in [-0.2, -0.15) is 4.31 Å². The van der Waals surface area contributed by atoms with E-state index in [-0.39, 0.29) is 10.6 Å². The molecule has 1 heterocycles. The average Bonchev–Trinajstić information content (AvgIpc) is 3.42. The predicted molar refractivity (Wildman–Crippen MR) is 85.6 cm³/mol. The first kappa shape index (κ1) is 16.5. The second-order valence-corrected chi connectivity index (χ2v) is 8.59. The van der Waals surface area contributed by atoms with Crippen molar-refractivity contribution < 1.29 is 17.9 Å². The number of aryl methyl sites for hydroxylation is 1. The average molecular weight is 340 g/mol. The lowest BCUT2D eigenvalue weighted by atomic mass is 10.3. The molecule has 2 aliphatic rings. The molecule has 0 radical (unpaired) electrons. The fraction of sp³-hybridized carbons (Fsp3) is 0.688. The number of rotatable bonds is 8. The summed E-state index contributed by atoms with van der Waals surface area (Å²) < 4.78 is 33.8. The molecule has 2 saturated carbocycles. The molecule has 2 fully saturated rings. The van der Waals surface area contributed by atoms with Crippen LogP contribution in [-0.4, -0.2) is 43.5 Å². The van der Waals surface area contributed by atoms with E-state index < -0.39 is 16.0 Å². The molecular formula is C16H24N2O4S. The first-order valence-corrected chi connectivity index (χ1v) is 9.60. The highest BCUT2D eigenvalue weighted by molar-refractivity contribution is 7.89. The topological polar surface area (TPSA) is 68.6 Å². The molecule has 3 rings (SSSR count). The molecule has 6 nitrogen and oxygen atoms in total. The van der Waals surface area contributed by atoms with E-state index in [1.807, 2.05) is 0 Å². The van der Waals surface area contributed by atoms with Crippen molar-refractivity contribution in [2.45, 2.75) is 37.1 Å². The van der Waals surface area contributed by atoms with Crippen molar-refractivity contribution >= 4 is 16.0 Å². The number of methoxy groups -OCH3 is 1. The van der Waals surface area contributed by atoms with Crippen LogP contribution < -0.4 is 0 Å². The van der Waals surface area contributed by atoms with Crippen LogP contribution in [0.15, 0.2) is 17.3 Å². The molecule has 23 heavy (non-hydrogen) atoms. The summed E-state index contributed by atoms with van der Waals surface area (Å²) in [6, 6.07) is 1.41. The summed E-state index contributed by atoms with van der Waals surface area (Å²) in [4.78, 5) is 11.6. The van der Waals surface area contributed by atoms with Crippen LogP contribution in [0.2, 0.25) is 0 Å². The van der Waals surface area contributed by atoms with Gasteiger partial charge in [0.25, 0.3) is 10.0 Å². The first-order valence-electron chi connectivity index (χ1n) is 8.16. The lowest BCUT2D eigenvalue weighted by molar-refractivity contribution is 0.0600. The van der Waals surface area contributed by atoms with Gasteiger partial charge in [0.1, 0.15) is 0 Å². The highest BCUT2D eigenvalue weighted by atomic mass is 32.2. The van der Waals surface area contributed by atoms with E-state index in [0.717, 1.165) is 19.3 Å². The molecule has 0 amide bonds. The molecule has 0 aliphatic heterocycles. The Bertz CT molecular complexity index is 687. The maximum Gasteiger partial charge on any atom is 0.339 e. The molecule has 1 aromatic rings. The lowest BCUT2D eigenvalue weighted by Crippen LogP contribution is -2.35. The van der Waals surface area contributed by atoms with Crippen LogP contribution in [-0.2, 0) is 21.8 Å². The molecule has 7 heteroatoms. The molecule has 0 spiro atoms. The Morgan fingerprint density at radius 1 is 1.30 bits per heavy atom. The monoisotopic (exact) mass is 340 g/mol. The first-order chi connectivity index (χ1) is 10.9. The van der Waals surface area contributed by atoms with Gasteiger partial charge in [-0.25, -0.2) is 13.2 Å². The van der Waals surface area contributed by atoms with Gasteiger partial charge in [0.15, 0.2) is 5.03 Å². The number of sulfonamides is 1. The van der Waals surface area contributed by atoms with Crippen LogP contribution in [0.25, 0.3) is 0 Å². The summed E-state index contributed by atoms with van der Waals surface area (Å²) in [6.07, 6.45) is 7.09. The van der Waals surface area contributed by atoms with E-state index in [1.54, 1.807) is 11.4 Å². The number of hydrogen-bond donors (Lipinski definition) is 0. The Morgan fingerprint density at radius 2 is 1.96 bits per heavy atom. The number of nitrogens with zero attached hydrogens (tertiary/aromatic N) is 2. The second kappa shape index (κ2) is 6.28. The SMILES string of the molecule is COC(=O)c1cc(S(=O)(=O)N(CCC2CC2)CC2CC2)n(C)c1. The van der Waals surface area contributed by atoms with Crippen molar-refractivity contribution in [3.63, 3.8) is 0 Å². The third-order valence-corrected chi connectivity index (χ3v) is 6.57. The van der Waals surface area contributed by atoms with E-state index in [1.165, 1.54) is 36.8 Å². The zero-order valence-electron chi connectivity index (χ0n) is 13.7. The molecule has 2 aliphatic carbocycles. The lowest BCUT2D eigenvalue weighted by Gasteiger charge is -2.22. The van der Waals surface area contributed by atoms with Crippen LogP contribution >= 0.6 is 0 Å². The molecule has 1 aromatic heterocycles. The van der Waals surface area contributed by atoms with Gasteiger partial charge in [-0.05, 0) is 37.2 Å². The molecular weight excluding hydrogens is 316 g/mol. The number of carbonyl (C=O) groups excluding carboxylic acids is 1. The van der Waals surface area contributed by atoms with Crippen LogP contribution in [0.3, 0.4) is 0 Å². The highest BCUT2D eigenvalue weighted by Crippen LogP contribution is 2.35. The fourth-order valence-electron chi connectivity index (χ4n) is 2.79. The fourth-order valence-corrected chi connectivity index (χ4v) is 4.50. The molecule has 0 saturated heterocycles. The number of carbonyl (C=O) groups is 1. The van der Waals surface area contributed by atoms with E-state index in [2.05, 4.69) is 4.74 Å². The van der Waals surface area contributed by atoms with Crippen LogP contribution in [0, 0.1) is 11.8 Å². The molecule has 128 valence electrons. The smallest absolute Gasteiger partial charge is 0.339 e. The van der Waals surface area contributed by atoms with Gasteiger partial charge in [-0.15, -0.1) is 0 Å². The number of aromatic nitrogens is 1. The summed E-state index contributed by atoms with van der Waals surface area (Å²) >= 11 is 0. The molecule has 0 N–H and O–H groups in total. The zero-order chi connectivity index (χ0) is 16.6. The van der Waals surface area contributed by atoms with Crippen molar-refractivity contribution in [2.24, 2.45) is 18.9 Å². The zero-order valence-corrected chi connectivity index (χ0v) is 14.5. The largest absolute Gasteiger partial charge is 0.465 e. The number of hydrogen-bond acceptors (Lipinski definition) is 4. The van der Waals surface area contributed by atoms with Crippen molar-refractivity contribution in [3.05, 3.63) is 17.8 Å². The third kappa shape index (κ3) is 3.77. The summed E-state index contributed by atoms with van der Waals surface area (Å²) in [5.41, 5.74) is 0.266. The number of esters is 1. The van der Waals surface area contributed by atoms with E-state index in [0.29, 0.717) is 24.9 Å². The van der Waals surface area contributed by atoms with E-state index in [9.17, 15) is 13.2 Å². The van der Waals surface area contributed by atoms with Gasteiger partial charge in [0.05, 0.1) is 12.7 Å². The Labute approximate surface area is 137 Å². The van der Waals surface area contributed by atoms with E-state index in [4.69, 9.17) is 0 Å². The normalized spacial score (nSPS) is 18.4. The van der Waals surface area contributed by atoms with Crippen molar-refractivity contribution in [3.8, 4) is 0 Å². The highest BCUT2D eigenvalue weighted by Gasteiger charge is 2.34. The molecule has 0 bridgehead atoms. The quantitative estimate of drug-likeness (QED) is 0.679. The third-order valence-electron chi connectivity index (χ3n) is 4.63. The molecule has 0 aromatic carbocycles. The summed E-state index contributed by atoms with van der Waals surface area (Å²) in [6.45, 7) is 1.16.